The molecular formula is C13H14N4O2S. The summed E-state index contributed by atoms with van der Waals surface area (Å²) in [4.78, 5) is 21.1. The maximum atomic E-state index is 12.1. The Balaban J connectivity index is 2.15. The molecule has 6 nitrogen and oxygen atoms in total. The monoisotopic (exact) mass is 290 g/mol. The molecule has 0 aliphatic carbocycles. The number of hydrogen-bond donors (Lipinski definition) is 1. The van der Waals surface area contributed by atoms with Crippen LogP contribution in [0.4, 0.5) is 5.82 Å². The van der Waals surface area contributed by atoms with Gasteiger partial charge in [0.25, 0.3) is 0 Å². The first-order valence-electron chi connectivity index (χ1n) is 6.20. The molecule has 3 heterocycles. The molecule has 20 heavy (non-hydrogen) atoms. The summed E-state index contributed by atoms with van der Waals surface area (Å²) in [5.41, 5.74) is 2.55. The fourth-order valence-electron chi connectivity index (χ4n) is 2.50. The number of nitrogens with zero attached hydrogens (tertiary/aromatic N) is 3. The third-order valence-corrected chi connectivity index (χ3v) is 4.46. The molecule has 2 atom stereocenters. The minimum absolute atomic E-state index is 0.188. The van der Waals surface area contributed by atoms with Crippen molar-refractivity contribution in [3.63, 3.8) is 0 Å². The predicted molar refractivity (Wildman–Crippen MR) is 75.6 cm³/mol. The van der Waals surface area contributed by atoms with E-state index >= 15 is 0 Å². The summed E-state index contributed by atoms with van der Waals surface area (Å²) in [6.07, 6.45) is 1.71. The fraction of sp³-hybridized carbons (Fsp3) is 0.385. The van der Waals surface area contributed by atoms with Gasteiger partial charge in [-0.15, -0.1) is 11.3 Å². The number of aliphatic imine (C=N–C) groups is 1. The van der Waals surface area contributed by atoms with Crippen LogP contribution in [0.5, 0.6) is 0 Å². The van der Waals surface area contributed by atoms with Crippen molar-refractivity contribution >= 4 is 28.8 Å². The Morgan fingerprint density at radius 3 is 2.90 bits per heavy atom. The normalized spacial score (nSPS) is 21.2. The van der Waals surface area contributed by atoms with E-state index in [1.54, 1.807) is 17.5 Å². The maximum Gasteiger partial charge on any atom is 0.315 e. The molecule has 2 unspecified atom stereocenters. The zero-order valence-electron chi connectivity index (χ0n) is 11.4. The average molecular weight is 290 g/mol. The molecule has 0 saturated carbocycles. The second-order valence-corrected chi connectivity index (χ2v) is 5.62. The zero-order chi connectivity index (χ0) is 14.3. The summed E-state index contributed by atoms with van der Waals surface area (Å²) >= 11 is 1.54. The van der Waals surface area contributed by atoms with Crippen molar-refractivity contribution < 1.29 is 9.53 Å². The number of carbonyl (C=O) groups is 1. The number of methoxy groups -OCH3 is 1. The van der Waals surface area contributed by atoms with Gasteiger partial charge in [-0.2, -0.15) is 5.10 Å². The van der Waals surface area contributed by atoms with Crippen LogP contribution in [-0.4, -0.2) is 34.0 Å². The second kappa shape index (κ2) is 4.82. The fourth-order valence-corrected chi connectivity index (χ4v) is 3.45. The summed E-state index contributed by atoms with van der Waals surface area (Å²) in [5, 5.41) is 9.75. The number of esters is 1. The number of aromatic nitrogens is 3. The first-order valence-corrected chi connectivity index (χ1v) is 7.08. The Bertz CT molecular complexity index is 688. The van der Waals surface area contributed by atoms with Gasteiger partial charge in [-0.3, -0.25) is 9.89 Å². The molecule has 1 aliphatic heterocycles. The summed E-state index contributed by atoms with van der Waals surface area (Å²) < 4.78 is 4.94. The van der Waals surface area contributed by atoms with Crippen molar-refractivity contribution in [2.45, 2.75) is 19.8 Å². The summed E-state index contributed by atoms with van der Waals surface area (Å²) in [6, 6.07) is 0. The van der Waals surface area contributed by atoms with Gasteiger partial charge in [-0.25, -0.2) is 9.98 Å². The molecule has 104 valence electrons. The quantitative estimate of drug-likeness (QED) is 0.860. The minimum Gasteiger partial charge on any atom is -0.468 e. The predicted octanol–water partition coefficient (Wildman–Crippen LogP) is 2.20. The number of aromatic amines is 1. The molecule has 0 fully saturated rings. The van der Waals surface area contributed by atoms with Crippen molar-refractivity contribution in [1.29, 1.82) is 0 Å². The van der Waals surface area contributed by atoms with Crippen LogP contribution in [0.3, 0.4) is 0 Å². The molecule has 3 rings (SSSR count). The van der Waals surface area contributed by atoms with E-state index in [0.717, 1.165) is 16.3 Å². The lowest BCUT2D eigenvalue weighted by Crippen LogP contribution is -2.32. The number of rotatable bonds is 2. The van der Waals surface area contributed by atoms with E-state index < -0.39 is 5.92 Å². The first kappa shape index (κ1) is 13.0. The lowest BCUT2D eigenvalue weighted by molar-refractivity contribution is -0.143. The molecule has 7 heteroatoms. The Kier molecular flexibility index (Phi) is 3.13. The highest BCUT2D eigenvalue weighted by molar-refractivity contribution is 7.09. The number of H-pyrrole nitrogens is 1. The molecule has 1 N–H and O–H groups in total. The van der Waals surface area contributed by atoms with Crippen molar-refractivity contribution in [2.75, 3.05) is 7.11 Å². The summed E-state index contributed by atoms with van der Waals surface area (Å²) in [5.74, 6) is -0.237. The molecular weight excluding hydrogens is 276 g/mol. The van der Waals surface area contributed by atoms with Crippen LogP contribution in [0.2, 0.25) is 0 Å². The van der Waals surface area contributed by atoms with E-state index in [1.165, 1.54) is 7.11 Å². The molecule has 0 radical (unpaired) electrons. The van der Waals surface area contributed by atoms with Crippen LogP contribution in [0.1, 0.15) is 29.1 Å². The Hall–Kier alpha value is -2.02. The van der Waals surface area contributed by atoms with Gasteiger partial charge in [0.1, 0.15) is 10.9 Å². The van der Waals surface area contributed by atoms with Gasteiger partial charge in [0.2, 0.25) is 0 Å². The highest BCUT2D eigenvalue weighted by atomic mass is 32.1. The number of aryl methyl sites for hydroxylation is 1. The molecule has 0 spiro atoms. The number of carbonyl (C=O) groups excluding carboxylic acids is 1. The smallest absolute Gasteiger partial charge is 0.315 e. The zero-order valence-corrected chi connectivity index (χ0v) is 12.2. The number of ether oxygens (including phenoxy) is 1. The molecule has 2 aromatic rings. The number of hydrogen-bond acceptors (Lipinski definition) is 6. The molecule has 1 aliphatic rings. The van der Waals surface area contributed by atoms with E-state index in [1.807, 2.05) is 19.2 Å². The molecule has 0 saturated heterocycles. The van der Waals surface area contributed by atoms with Gasteiger partial charge < -0.3 is 4.74 Å². The highest BCUT2D eigenvalue weighted by Crippen LogP contribution is 2.42. The van der Waals surface area contributed by atoms with Crippen LogP contribution in [0.15, 0.2) is 16.6 Å². The van der Waals surface area contributed by atoms with Gasteiger partial charge in [-0.05, 0) is 13.8 Å². The third kappa shape index (κ3) is 1.94. The third-order valence-electron chi connectivity index (χ3n) is 3.41. The SMILES string of the molecule is COC(=O)C1C(C)=Nc2[nH]ncc2C1c1nc(C)cs1. The molecule has 0 bridgehead atoms. The van der Waals surface area contributed by atoms with E-state index in [9.17, 15) is 4.79 Å². The van der Waals surface area contributed by atoms with E-state index in [4.69, 9.17) is 4.74 Å². The van der Waals surface area contributed by atoms with Crippen LogP contribution in [0, 0.1) is 12.8 Å². The van der Waals surface area contributed by atoms with Crippen LogP contribution in [0.25, 0.3) is 0 Å². The largest absolute Gasteiger partial charge is 0.468 e. The Morgan fingerprint density at radius 2 is 2.25 bits per heavy atom. The minimum atomic E-state index is -0.448. The number of nitrogens with one attached hydrogen (secondary N) is 1. The Labute approximate surface area is 119 Å². The van der Waals surface area contributed by atoms with E-state index in [2.05, 4.69) is 20.2 Å². The second-order valence-electron chi connectivity index (χ2n) is 4.73. The lowest BCUT2D eigenvalue weighted by atomic mass is 9.82. The van der Waals surface area contributed by atoms with Crippen LogP contribution >= 0.6 is 11.3 Å². The van der Waals surface area contributed by atoms with Gasteiger partial charge in [0.15, 0.2) is 5.82 Å². The number of thiazole rings is 1. The maximum absolute atomic E-state index is 12.1. The molecule has 0 aromatic carbocycles. The Morgan fingerprint density at radius 1 is 1.45 bits per heavy atom. The lowest BCUT2D eigenvalue weighted by Gasteiger charge is -2.26. The van der Waals surface area contributed by atoms with Crippen LogP contribution < -0.4 is 0 Å². The molecule has 0 amide bonds. The van der Waals surface area contributed by atoms with Crippen molar-refractivity contribution in [3.8, 4) is 0 Å². The van der Waals surface area contributed by atoms with Crippen molar-refractivity contribution in [2.24, 2.45) is 10.9 Å². The highest BCUT2D eigenvalue weighted by Gasteiger charge is 2.40. The number of fused-ring (bicyclic) bond motifs is 1. The summed E-state index contributed by atoms with van der Waals surface area (Å²) in [7, 11) is 1.39. The van der Waals surface area contributed by atoms with Crippen molar-refractivity contribution in [1.82, 2.24) is 15.2 Å². The first-order chi connectivity index (χ1) is 9.61. The van der Waals surface area contributed by atoms with Gasteiger partial charge in [0, 0.05) is 22.3 Å². The standard InChI is InChI=1S/C13H14N4O2S/c1-6-5-20-12(15-6)10-8-4-14-17-11(8)16-7(2)9(10)13(18)19-3/h4-5,9-10H,1-3H3,(H,14,17). The van der Waals surface area contributed by atoms with Gasteiger partial charge >= 0.3 is 5.97 Å². The van der Waals surface area contributed by atoms with Crippen LogP contribution in [-0.2, 0) is 9.53 Å². The van der Waals surface area contributed by atoms with E-state index in [0.29, 0.717) is 11.5 Å². The topological polar surface area (TPSA) is 80.2 Å². The van der Waals surface area contributed by atoms with Gasteiger partial charge in [-0.1, -0.05) is 0 Å². The van der Waals surface area contributed by atoms with E-state index in [-0.39, 0.29) is 11.9 Å². The average Bonchev–Trinajstić information content (AvgIpc) is 3.04. The molecule has 2 aromatic heterocycles. The summed E-state index contributed by atoms with van der Waals surface area (Å²) in [6.45, 7) is 3.77. The van der Waals surface area contributed by atoms with Gasteiger partial charge in [0.05, 0.1) is 19.2 Å². The van der Waals surface area contributed by atoms with Crippen molar-refractivity contribution in [3.05, 3.63) is 27.8 Å².